The standard InChI is InChI=1S/C29H35NO2P.BrH/c1-29(2,3)32-28(31)30-22-13-14-24(30)21-23-33(25-15-7-4-8-16-25,26-17-9-5-10-18-26)27-19-11-6-12-20-27;/h4-12,15-20,24H,13-14,21-23H2,1-3H3;1H/q+1;/p-1. The molecule has 0 radical (unpaired) electrons. The third-order valence-electron chi connectivity index (χ3n) is 6.39. The molecule has 0 N–H and O–H groups in total. The van der Waals surface area contributed by atoms with Crippen molar-refractivity contribution in [2.45, 2.75) is 51.7 Å². The minimum absolute atomic E-state index is 0. The van der Waals surface area contributed by atoms with Crippen molar-refractivity contribution in [3.63, 3.8) is 0 Å². The molecule has 0 bridgehead atoms. The lowest BCUT2D eigenvalue weighted by atomic mass is 10.2. The number of ether oxygens (including phenoxy) is 1. The van der Waals surface area contributed by atoms with Crippen LogP contribution in [0.5, 0.6) is 0 Å². The highest BCUT2D eigenvalue weighted by Crippen LogP contribution is 2.56. The minimum Gasteiger partial charge on any atom is -1.00 e. The minimum atomic E-state index is -1.88. The second-order valence-electron chi connectivity index (χ2n) is 9.80. The van der Waals surface area contributed by atoms with Crippen molar-refractivity contribution in [1.29, 1.82) is 0 Å². The molecule has 1 unspecified atom stereocenters. The number of hydrogen-bond acceptors (Lipinski definition) is 2. The molecule has 0 aromatic heterocycles. The molecule has 0 saturated carbocycles. The first kappa shape index (κ1) is 26.4. The zero-order valence-electron chi connectivity index (χ0n) is 20.4. The first-order valence-electron chi connectivity index (χ1n) is 11.9. The van der Waals surface area contributed by atoms with Gasteiger partial charge in [0.25, 0.3) is 0 Å². The second kappa shape index (κ2) is 11.5. The van der Waals surface area contributed by atoms with Gasteiger partial charge in [0.1, 0.15) is 28.8 Å². The van der Waals surface area contributed by atoms with Crippen LogP contribution in [0.3, 0.4) is 0 Å². The van der Waals surface area contributed by atoms with Crippen molar-refractivity contribution in [3.05, 3.63) is 91.0 Å². The zero-order chi connectivity index (χ0) is 23.3. The Labute approximate surface area is 215 Å². The van der Waals surface area contributed by atoms with Gasteiger partial charge in [0.2, 0.25) is 0 Å². The van der Waals surface area contributed by atoms with E-state index in [1.54, 1.807) is 0 Å². The van der Waals surface area contributed by atoms with Gasteiger partial charge < -0.3 is 26.6 Å². The average Bonchev–Trinajstić information content (AvgIpc) is 3.30. The normalized spacial score (nSPS) is 16.1. The summed E-state index contributed by atoms with van der Waals surface area (Å²) in [5.74, 6) is 0. The van der Waals surface area contributed by atoms with Crippen LogP contribution in [-0.4, -0.2) is 35.3 Å². The number of rotatable bonds is 6. The Hall–Kier alpha value is -2.16. The molecule has 34 heavy (non-hydrogen) atoms. The predicted octanol–water partition coefficient (Wildman–Crippen LogP) is 2.77. The van der Waals surface area contributed by atoms with E-state index in [0.29, 0.717) is 0 Å². The van der Waals surface area contributed by atoms with E-state index >= 15 is 0 Å². The molecule has 4 rings (SSSR count). The van der Waals surface area contributed by atoms with Crippen molar-refractivity contribution in [2.75, 3.05) is 12.7 Å². The fraction of sp³-hybridized carbons (Fsp3) is 0.345. The van der Waals surface area contributed by atoms with E-state index in [1.165, 1.54) is 15.9 Å². The Balaban J connectivity index is 0.00000324. The summed E-state index contributed by atoms with van der Waals surface area (Å²) in [5, 5.41) is 4.18. The Morgan fingerprint density at radius 3 is 1.71 bits per heavy atom. The van der Waals surface area contributed by atoms with Crippen LogP contribution in [0.2, 0.25) is 0 Å². The fourth-order valence-corrected chi connectivity index (χ4v) is 9.32. The molecular formula is C29H35BrNO2P. The number of nitrogens with zero attached hydrogens (tertiary/aromatic N) is 1. The van der Waals surface area contributed by atoms with Crippen LogP contribution < -0.4 is 32.9 Å². The van der Waals surface area contributed by atoms with Gasteiger partial charge in [-0.25, -0.2) is 4.79 Å². The topological polar surface area (TPSA) is 29.5 Å². The molecule has 3 aromatic carbocycles. The average molecular weight is 540 g/mol. The Bertz CT molecular complexity index is 941. The summed E-state index contributed by atoms with van der Waals surface area (Å²) in [5.41, 5.74) is -0.473. The first-order valence-corrected chi connectivity index (χ1v) is 13.9. The largest absolute Gasteiger partial charge is 1.00 e. The number of hydrogen-bond donors (Lipinski definition) is 0. The number of carbonyl (C=O) groups excluding carboxylic acids is 1. The summed E-state index contributed by atoms with van der Waals surface area (Å²) in [4.78, 5) is 14.9. The van der Waals surface area contributed by atoms with Crippen molar-refractivity contribution < 1.29 is 26.5 Å². The van der Waals surface area contributed by atoms with Crippen LogP contribution in [0.25, 0.3) is 0 Å². The number of halogens is 1. The predicted molar refractivity (Wildman–Crippen MR) is 141 cm³/mol. The number of amides is 1. The third-order valence-corrected chi connectivity index (χ3v) is 10.9. The van der Waals surface area contributed by atoms with Crippen LogP contribution in [-0.2, 0) is 4.74 Å². The SMILES string of the molecule is CC(C)(C)OC(=O)N1CCCC1CC[P+](c1ccccc1)(c1ccccc1)c1ccccc1.[Br-]. The van der Waals surface area contributed by atoms with Gasteiger partial charge in [0.05, 0.1) is 6.16 Å². The molecule has 1 heterocycles. The van der Waals surface area contributed by atoms with Gasteiger partial charge in [-0.3, -0.25) is 0 Å². The van der Waals surface area contributed by atoms with Gasteiger partial charge in [-0.2, -0.15) is 0 Å². The Morgan fingerprint density at radius 1 is 0.853 bits per heavy atom. The first-order chi connectivity index (χ1) is 15.9. The number of benzene rings is 3. The molecule has 1 atom stereocenters. The highest BCUT2D eigenvalue weighted by atomic mass is 79.9. The second-order valence-corrected chi connectivity index (χ2v) is 13.4. The van der Waals surface area contributed by atoms with Gasteiger partial charge in [0.15, 0.2) is 0 Å². The van der Waals surface area contributed by atoms with E-state index in [-0.39, 0.29) is 29.1 Å². The molecule has 1 aliphatic rings. The molecule has 5 heteroatoms. The molecule has 180 valence electrons. The molecule has 1 aliphatic heterocycles. The number of carbonyl (C=O) groups is 1. The van der Waals surface area contributed by atoms with Crippen molar-refractivity contribution >= 4 is 29.3 Å². The molecule has 3 aromatic rings. The summed E-state index contributed by atoms with van der Waals surface area (Å²) < 4.78 is 5.73. The Kier molecular flexibility index (Phi) is 8.95. The lowest BCUT2D eigenvalue weighted by Crippen LogP contribution is -3.00. The summed E-state index contributed by atoms with van der Waals surface area (Å²) in [6.45, 7) is 6.60. The summed E-state index contributed by atoms with van der Waals surface area (Å²) in [6.07, 6.45) is 3.89. The van der Waals surface area contributed by atoms with E-state index in [9.17, 15) is 4.79 Å². The molecule has 1 saturated heterocycles. The van der Waals surface area contributed by atoms with Gasteiger partial charge >= 0.3 is 6.09 Å². The lowest BCUT2D eigenvalue weighted by Gasteiger charge is -2.32. The smallest absolute Gasteiger partial charge is 0.410 e. The van der Waals surface area contributed by atoms with E-state index in [0.717, 1.165) is 32.0 Å². The quantitative estimate of drug-likeness (QED) is 0.451. The maximum absolute atomic E-state index is 12.9. The highest BCUT2D eigenvalue weighted by molar-refractivity contribution is 7.95. The number of likely N-dealkylation sites (tertiary alicyclic amines) is 1. The maximum atomic E-state index is 12.9. The lowest BCUT2D eigenvalue weighted by molar-refractivity contribution is -0.0000552. The molecule has 0 aliphatic carbocycles. The Morgan fingerprint density at radius 2 is 1.29 bits per heavy atom. The van der Waals surface area contributed by atoms with E-state index in [2.05, 4.69) is 91.0 Å². The van der Waals surface area contributed by atoms with Crippen LogP contribution >= 0.6 is 7.26 Å². The highest BCUT2D eigenvalue weighted by Gasteiger charge is 2.46. The van der Waals surface area contributed by atoms with Crippen LogP contribution in [0, 0.1) is 0 Å². The summed E-state index contributed by atoms with van der Waals surface area (Å²) >= 11 is 0. The monoisotopic (exact) mass is 539 g/mol. The van der Waals surface area contributed by atoms with E-state index in [4.69, 9.17) is 4.74 Å². The van der Waals surface area contributed by atoms with E-state index < -0.39 is 12.9 Å². The van der Waals surface area contributed by atoms with Gasteiger partial charge in [-0.1, -0.05) is 54.6 Å². The van der Waals surface area contributed by atoms with Crippen LogP contribution in [0.15, 0.2) is 91.0 Å². The van der Waals surface area contributed by atoms with Crippen molar-refractivity contribution in [3.8, 4) is 0 Å². The van der Waals surface area contributed by atoms with Crippen LogP contribution in [0.1, 0.15) is 40.0 Å². The fourth-order valence-electron chi connectivity index (χ4n) is 4.92. The van der Waals surface area contributed by atoms with Gasteiger partial charge in [0, 0.05) is 19.0 Å². The molecule has 1 fully saturated rings. The molecular weight excluding hydrogens is 505 g/mol. The summed E-state index contributed by atoms with van der Waals surface area (Å²) in [6, 6.07) is 33.1. The molecule has 0 spiro atoms. The zero-order valence-corrected chi connectivity index (χ0v) is 22.8. The summed E-state index contributed by atoms with van der Waals surface area (Å²) in [7, 11) is -1.88. The van der Waals surface area contributed by atoms with Crippen molar-refractivity contribution in [2.24, 2.45) is 0 Å². The van der Waals surface area contributed by atoms with E-state index in [1.807, 2.05) is 25.7 Å². The maximum Gasteiger partial charge on any atom is 0.410 e. The molecule has 1 amide bonds. The van der Waals surface area contributed by atoms with Crippen LogP contribution in [0.4, 0.5) is 4.79 Å². The van der Waals surface area contributed by atoms with Gasteiger partial charge in [-0.15, -0.1) is 0 Å². The molecule has 3 nitrogen and oxygen atoms in total. The van der Waals surface area contributed by atoms with Crippen molar-refractivity contribution in [1.82, 2.24) is 4.90 Å². The third kappa shape index (κ3) is 5.90. The van der Waals surface area contributed by atoms with Gasteiger partial charge in [-0.05, 0) is 70.0 Å².